The molecule has 4 aromatic rings. The third-order valence-electron chi connectivity index (χ3n) is 5.63. The summed E-state index contributed by atoms with van der Waals surface area (Å²) in [6.45, 7) is 7.84. The van der Waals surface area contributed by atoms with Crippen molar-refractivity contribution in [1.29, 1.82) is 0 Å². The van der Waals surface area contributed by atoms with Crippen LogP contribution in [0.2, 0.25) is 0 Å². The molecule has 0 aliphatic rings. The minimum absolute atomic E-state index is 0.0534. The van der Waals surface area contributed by atoms with E-state index in [-0.39, 0.29) is 11.3 Å². The number of amides is 1. The zero-order chi connectivity index (χ0) is 25.0. The molecule has 0 bridgehead atoms. The summed E-state index contributed by atoms with van der Waals surface area (Å²) in [6, 6.07) is 17.2. The zero-order valence-corrected chi connectivity index (χ0v) is 20.8. The first-order valence-electron chi connectivity index (χ1n) is 11.6. The largest absolute Gasteiger partial charge is 0.475 e. The SMILES string of the molecule is CN(C)CCOc1n[nH]c2cc(Nc3ncccc3C(=O)Nc3ccc(C(C)(C)C)cc3)ccc12. The van der Waals surface area contributed by atoms with Crippen LogP contribution < -0.4 is 15.4 Å². The highest BCUT2D eigenvalue weighted by Gasteiger charge is 2.16. The number of aromatic nitrogens is 3. The van der Waals surface area contributed by atoms with Gasteiger partial charge in [-0.1, -0.05) is 32.9 Å². The van der Waals surface area contributed by atoms with E-state index in [1.807, 2.05) is 56.6 Å². The number of nitrogens with zero attached hydrogens (tertiary/aromatic N) is 3. The van der Waals surface area contributed by atoms with E-state index in [0.717, 1.165) is 28.8 Å². The molecule has 35 heavy (non-hydrogen) atoms. The van der Waals surface area contributed by atoms with Crippen molar-refractivity contribution >= 4 is 34.0 Å². The molecule has 0 saturated heterocycles. The summed E-state index contributed by atoms with van der Waals surface area (Å²) in [5.41, 5.74) is 4.06. The molecule has 0 fully saturated rings. The van der Waals surface area contributed by atoms with Crippen LogP contribution in [0.5, 0.6) is 5.88 Å². The number of ether oxygens (including phenoxy) is 1. The molecule has 3 N–H and O–H groups in total. The lowest BCUT2D eigenvalue weighted by atomic mass is 9.87. The second kappa shape index (κ2) is 10.1. The van der Waals surface area contributed by atoms with Crippen molar-refractivity contribution in [2.45, 2.75) is 26.2 Å². The molecule has 8 nitrogen and oxygen atoms in total. The van der Waals surface area contributed by atoms with Gasteiger partial charge in [-0.3, -0.25) is 9.89 Å². The summed E-state index contributed by atoms with van der Waals surface area (Å²) >= 11 is 0. The summed E-state index contributed by atoms with van der Waals surface area (Å²) < 4.78 is 5.79. The fraction of sp³-hybridized carbons (Fsp3) is 0.296. The number of hydrogen-bond acceptors (Lipinski definition) is 6. The third kappa shape index (κ3) is 5.96. The number of pyridine rings is 1. The molecule has 4 rings (SSSR count). The highest BCUT2D eigenvalue weighted by atomic mass is 16.5. The first-order chi connectivity index (χ1) is 16.7. The molecule has 8 heteroatoms. The van der Waals surface area contributed by atoms with Crippen LogP contribution in [0, 0.1) is 0 Å². The summed E-state index contributed by atoms with van der Waals surface area (Å²) in [7, 11) is 4.00. The van der Waals surface area contributed by atoms with Crippen molar-refractivity contribution in [3.63, 3.8) is 0 Å². The average molecular weight is 473 g/mol. The Labute approximate surface area is 205 Å². The number of hydrogen-bond donors (Lipinski definition) is 3. The standard InChI is InChI=1S/C27H32N6O2/c1-27(2,3)18-8-10-19(11-9-18)30-25(34)22-7-6-14-28-24(22)29-20-12-13-21-23(17-20)31-32-26(21)35-16-15-33(4)5/h6-14,17H,15-16H2,1-5H3,(H,28,29)(H,30,34)(H,31,32). The van der Waals surface area contributed by atoms with Crippen LogP contribution in [0.3, 0.4) is 0 Å². The molecular weight excluding hydrogens is 440 g/mol. The van der Waals surface area contributed by atoms with E-state index in [1.54, 1.807) is 18.3 Å². The monoisotopic (exact) mass is 472 g/mol. The van der Waals surface area contributed by atoms with E-state index >= 15 is 0 Å². The van der Waals surface area contributed by atoms with Crippen molar-refractivity contribution in [2.24, 2.45) is 0 Å². The smallest absolute Gasteiger partial charge is 0.259 e. The molecule has 2 aromatic heterocycles. The number of fused-ring (bicyclic) bond motifs is 1. The summed E-state index contributed by atoms with van der Waals surface area (Å²) in [6.07, 6.45) is 1.66. The Morgan fingerprint density at radius 1 is 1.06 bits per heavy atom. The van der Waals surface area contributed by atoms with Crippen LogP contribution in [0.1, 0.15) is 36.7 Å². The summed E-state index contributed by atoms with van der Waals surface area (Å²) in [5, 5.41) is 14.4. The maximum absolute atomic E-state index is 13.0. The van der Waals surface area contributed by atoms with Gasteiger partial charge in [-0.05, 0) is 67.5 Å². The normalized spacial score (nSPS) is 11.6. The molecule has 0 aliphatic heterocycles. The lowest BCUT2D eigenvalue weighted by molar-refractivity contribution is 0.102. The van der Waals surface area contributed by atoms with Gasteiger partial charge in [0.1, 0.15) is 12.4 Å². The van der Waals surface area contributed by atoms with Gasteiger partial charge in [-0.15, -0.1) is 5.10 Å². The van der Waals surface area contributed by atoms with Gasteiger partial charge in [0.15, 0.2) is 0 Å². The second-order valence-electron chi connectivity index (χ2n) is 9.75. The summed E-state index contributed by atoms with van der Waals surface area (Å²) in [4.78, 5) is 19.5. The molecule has 2 heterocycles. The highest BCUT2D eigenvalue weighted by Crippen LogP contribution is 2.28. The molecule has 1 amide bonds. The molecular formula is C27H32N6O2. The maximum Gasteiger partial charge on any atom is 0.259 e. The zero-order valence-electron chi connectivity index (χ0n) is 20.8. The predicted octanol–water partition coefficient (Wildman–Crippen LogP) is 5.19. The number of aromatic amines is 1. The number of carbonyl (C=O) groups is 1. The topological polar surface area (TPSA) is 95.2 Å². The van der Waals surface area contributed by atoms with E-state index in [4.69, 9.17) is 4.74 Å². The number of nitrogens with one attached hydrogen (secondary N) is 3. The van der Waals surface area contributed by atoms with Crippen LogP contribution in [-0.2, 0) is 5.41 Å². The van der Waals surface area contributed by atoms with Gasteiger partial charge in [0.2, 0.25) is 5.88 Å². The molecule has 0 radical (unpaired) electrons. The number of carbonyl (C=O) groups excluding carboxylic acids is 1. The molecule has 182 valence electrons. The molecule has 0 aliphatic carbocycles. The van der Waals surface area contributed by atoms with Crippen LogP contribution in [0.25, 0.3) is 10.9 Å². The van der Waals surface area contributed by atoms with Crippen LogP contribution in [0.15, 0.2) is 60.8 Å². The van der Waals surface area contributed by atoms with Gasteiger partial charge in [-0.25, -0.2) is 4.98 Å². The van der Waals surface area contributed by atoms with Crippen LogP contribution in [-0.4, -0.2) is 53.2 Å². The van der Waals surface area contributed by atoms with E-state index < -0.39 is 0 Å². The quantitative estimate of drug-likeness (QED) is 0.327. The number of H-pyrrole nitrogens is 1. The summed E-state index contributed by atoms with van der Waals surface area (Å²) in [5.74, 6) is 0.810. The Hall–Kier alpha value is -3.91. The van der Waals surface area contributed by atoms with Crippen LogP contribution in [0.4, 0.5) is 17.2 Å². The molecule has 0 spiro atoms. The van der Waals surface area contributed by atoms with Gasteiger partial charge < -0.3 is 20.3 Å². The Morgan fingerprint density at radius 3 is 2.51 bits per heavy atom. The highest BCUT2D eigenvalue weighted by molar-refractivity contribution is 6.07. The number of rotatable bonds is 8. The van der Waals surface area contributed by atoms with Crippen molar-refractivity contribution in [3.05, 3.63) is 71.9 Å². The van der Waals surface area contributed by atoms with E-state index in [1.165, 1.54) is 5.56 Å². The fourth-order valence-corrected chi connectivity index (χ4v) is 3.58. The van der Waals surface area contributed by atoms with E-state index in [2.05, 4.69) is 51.5 Å². The van der Waals surface area contributed by atoms with Crippen LogP contribution >= 0.6 is 0 Å². The lowest BCUT2D eigenvalue weighted by Crippen LogP contribution is -2.19. The van der Waals surface area contributed by atoms with Crippen molar-refractivity contribution < 1.29 is 9.53 Å². The fourth-order valence-electron chi connectivity index (χ4n) is 3.58. The number of anilines is 3. The average Bonchev–Trinajstić information content (AvgIpc) is 3.21. The Kier molecular flexibility index (Phi) is 7.02. The van der Waals surface area contributed by atoms with Crippen molar-refractivity contribution in [3.8, 4) is 5.88 Å². The van der Waals surface area contributed by atoms with Crippen molar-refractivity contribution in [2.75, 3.05) is 37.9 Å². The Balaban J connectivity index is 1.48. The minimum Gasteiger partial charge on any atom is -0.475 e. The molecule has 0 saturated carbocycles. The third-order valence-corrected chi connectivity index (χ3v) is 5.63. The Bertz CT molecular complexity index is 1310. The van der Waals surface area contributed by atoms with Gasteiger partial charge in [0, 0.05) is 24.1 Å². The number of likely N-dealkylation sites (N-methyl/N-ethyl adjacent to an activating group) is 1. The molecule has 2 aromatic carbocycles. The molecule has 0 unspecified atom stereocenters. The maximum atomic E-state index is 13.0. The van der Waals surface area contributed by atoms with Gasteiger partial charge in [0.05, 0.1) is 16.5 Å². The number of benzene rings is 2. The van der Waals surface area contributed by atoms with Gasteiger partial charge in [0.25, 0.3) is 5.91 Å². The Morgan fingerprint density at radius 2 is 1.80 bits per heavy atom. The van der Waals surface area contributed by atoms with Gasteiger partial charge in [-0.2, -0.15) is 0 Å². The van der Waals surface area contributed by atoms with E-state index in [0.29, 0.717) is 23.9 Å². The lowest BCUT2D eigenvalue weighted by Gasteiger charge is -2.19. The minimum atomic E-state index is -0.233. The predicted molar refractivity (Wildman–Crippen MR) is 141 cm³/mol. The first kappa shape index (κ1) is 24.2. The van der Waals surface area contributed by atoms with E-state index in [9.17, 15) is 4.79 Å². The first-order valence-corrected chi connectivity index (χ1v) is 11.6. The second-order valence-corrected chi connectivity index (χ2v) is 9.75. The van der Waals surface area contributed by atoms with Gasteiger partial charge >= 0.3 is 0 Å². The molecule has 0 atom stereocenters. The van der Waals surface area contributed by atoms with Crippen molar-refractivity contribution in [1.82, 2.24) is 20.1 Å².